The van der Waals surface area contributed by atoms with Crippen molar-refractivity contribution in [1.82, 2.24) is 4.57 Å². The molecule has 1 heterocycles. The molecule has 1 aromatic heterocycles. The molecule has 0 aliphatic heterocycles. The number of hydrogen-bond acceptors (Lipinski definition) is 9. The SMILES string of the molecule is COc1cc(Cn2cc(-c3ccc(OC)c(OC)c3OC)c(-c3ccc(OC)c(OC)c3OC)c2)cc(OC)c1OC. The molecule has 0 saturated carbocycles. The molecule has 10 heteroatoms. The molecule has 42 heavy (non-hydrogen) atoms. The fourth-order valence-corrected chi connectivity index (χ4v) is 5.09. The summed E-state index contributed by atoms with van der Waals surface area (Å²) < 4.78 is 52.9. The van der Waals surface area contributed by atoms with Gasteiger partial charge < -0.3 is 47.2 Å². The van der Waals surface area contributed by atoms with Gasteiger partial charge in [-0.25, -0.2) is 0 Å². The second-order valence-corrected chi connectivity index (χ2v) is 9.06. The molecule has 0 saturated heterocycles. The Hall–Kier alpha value is -4.86. The Bertz CT molecular complexity index is 1440. The lowest BCUT2D eigenvalue weighted by atomic mass is 9.96. The molecule has 0 fully saturated rings. The number of methoxy groups -OCH3 is 9. The molecule has 4 aromatic rings. The van der Waals surface area contributed by atoms with Gasteiger partial charge >= 0.3 is 0 Å². The number of rotatable bonds is 13. The maximum Gasteiger partial charge on any atom is 0.203 e. The lowest BCUT2D eigenvalue weighted by Crippen LogP contribution is -2.01. The highest BCUT2D eigenvalue weighted by Gasteiger charge is 2.25. The minimum atomic E-state index is 0.486. The van der Waals surface area contributed by atoms with Crippen LogP contribution in [-0.2, 0) is 6.54 Å². The first-order chi connectivity index (χ1) is 20.4. The molecule has 0 unspecified atom stereocenters. The van der Waals surface area contributed by atoms with Crippen LogP contribution >= 0.6 is 0 Å². The first kappa shape index (κ1) is 30.1. The van der Waals surface area contributed by atoms with Crippen molar-refractivity contribution in [2.75, 3.05) is 64.0 Å². The second kappa shape index (κ2) is 13.2. The number of aromatic nitrogens is 1. The molecule has 4 rings (SSSR count). The van der Waals surface area contributed by atoms with Crippen LogP contribution in [0.5, 0.6) is 51.7 Å². The van der Waals surface area contributed by atoms with Crippen LogP contribution < -0.4 is 42.6 Å². The molecule has 0 bridgehead atoms. The minimum Gasteiger partial charge on any atom is -0.493 e. The molecule has 0 radical (unpaired) electrons. The second-order valence-electron chi connectivity index (χ2n) is 9.06. The van der Waals surface area contributed by atoms with Crippen LogP contribution in [0.25, 0.3) is 22.3 Å². The van der Waals surface area contributed by atoms with E-state index in [1.54, 1.807) is 64.0 Å². The summed E-state index contributed by atoms with van der Waals surface area (Å²) in [5.74, 6) is 4.82. The molecule has 224 valence electrons. The van der Waals surface area contributed by atoms with E-state index in [2.05, 4.69) is 4.57 Å². The van der Waals surface area contributed by atoms with Crippen LogP contribution in [0.2, 0.25) is 0 Å². The van der Waals surface area contributed by atoms with E-state index in [1.807, 2.05) is 48.8 Å². The van der Waals surface area contributed by atoms with Crippen molar-refractivity contribution in [3.05, 3.63) is 54.4 Å². The van der Waals surface area contributed by atoms with Gasteiger partial charge in [0.2, 0.25) is 17.2 Å². The summed E-state index contributed by atoms with van der Waals surface area (Å²) in [5.41, 5.74) is 4.27. The van der Waals surface area contributed by atoms with Gasteiger partial charge in [0.05, 0.1) is 64.0 Å². The van der Waals surface area contributed by atoms with Crippen LogP contribution in [0.1, 0.15) is 5.56 Å². The Morgan fingerprint density at radius 1 is 0.405 bits per heavy atom. The van der Waals surface area contributed by atoms with Crippen LogP contribution in [0.3, 0.4) is 0 Å². The van der Waals surface area contributed by atoms with Crippen LogP contribution in [-0.4, -0.2) is 68.6 Å². The van der Waals surface area contributed by atoms with Gasteiger partial charge in [-0.05, 0) is 42.0 Å². The van der Waals surface area contributed by atoms with Crippen LogP contribution in [0.4, 0.5) is 0 Å². The van der Waals surface area contributed by atoms with Crippen molar-refractivity contribution >= 4 is 0 Å². The van der Waals surface area contributed by atoms with E-state index in [4.69, 9.17) is 42.6 Å². The van der Waals surface area contributed by atoms with Gasteiger partial charge in [0.15, 0.2) is 34.5 Å². The van der Waals surface area contributed by atoms with Crippen molar-refractivity contribution in [2.45, 2.75) is 6.54 Å². The largest absolute Gasteiger partial charge is 0.493 e. The third-order valence-corrected chi connectivity index (χ3v) is 6.96. The molecule has 10 nitrogen and oxygen atoms in total. The van der Waals surface area contributed by atoms with Crippen molar-refractivity contribution in [3.8, 4) is 74.0 Å². The highest BCUT2D eigenvalue weighted by Crippen LogP contribution is 2.51. The fraction of sp³-hybridized carbons (Fsp3) is 0.312. The summed E-state index contributed by atoms with van der Waals surface area (Å²) >= 11 is 0. The molecule has 0 spiro atoms. The predicted octanol–water partition coefficient (Wildman–Crippen LogP) is 5.95. The van der Waals surface area contributed by atoms with E-state index in [0.717, 1.165) is 27.8 Å². The van der Waals surface area contributed by atoms with Gasteiger partial charge in [-0.2, -0.15) is 0 Å². The summed E-state index contributed by atoms with van der Waals surface area (Å²) in [6.07, 6.45) is 4.08. The average molecular weight is 580 g/mol. The van der Waals surface area contributed by atoms with E-state index < -0.39 is 0 Å². The number of ether oxygens (including phenoxy) is 9. The van der Waals surface area contributed by atoms with Gasteiger partial charge in [0.1, 0.15) is 0 Å². The number of nitrogens with zero attached hydrogens (tertiary/aromatic N) is 1. The van der Waals surface area contributed by atoms with Crippen LogP contribution in [0.15, 0.2) is 48.8 Å². The maximum absolute atomic E-state index is 5.87. The van der Waals surface area contributed by atoms with Crippen LogP contribution in [0, 0.1) is 0 Å². The fourth-order valence-electron chi connectivity index (χ4n) is 5.09. The monoisotopic (exact) mass is 579 g/mol. The molecular weight excluding hydrogens is 542 g/mol. The van der Waals surface area contributed by atoms with Crippen molar-refractivity contribution in [2.24, 2.45) is 0 Å². The van der Waals surface area contributed by atoms with Gasteiger partial charge in [0, 0.05) is 41.2 Å². The van der Waals surface area contributed by atoms with E-state index in [9.17, 15) is 0 Å². The number of benzene rings is 3. The van der Waals surface area contributed by atoms with Crippen molar-refractivity contribution in [1.29, 1.82) is 0 Å². The normalized spacial score (nSPS) is 10.6. The number of hydrogen-bond donors (Lipinski definition) is 0. The van der Waals surface area contributed by atoms with E-state index in [0.29, 0.717) is 58.3 Å². The Morgan fingerprint density at radius 2 is 0.786 bits per heavy atom. The summed E-state index contributed by atoms with van der Waals surface area (Å²) in [6, 6.07) is 11.4. The quantitative estimate of drug-likeness (QED) is 0.191. The third kappa shape index (κ3) is 5.39. The van der Waals surface area contributed by atoms with Crippen molar-refractivity contribution in [3.63, 3.8) is 0 Å². The topological polar surface area (TPSA) is 88.0 Å². The summed E-state index contributed by atoms with van der Waals surface area (Å²) in [6.45, 7) is 0.495. The predicted molar refractivity (Wildman–Crippen MR) is 160 cm³/mol. The third-order valence-electron chi connectivity index (χ3n) is 6.96. The van der Waals surface area contributed by atoms with Gasteiger partial charge in [0.25, 0.3) is 0 Å². The zero-order chi connectivity index (χ0) is 30.4. The summed E-state index contributed by atoms with van der Waals surface area (Å²) in [4.78, 5) is 0. The van der Waals surface area contributed by atoms with E-state index in [-0.39, 0.29) is 0 Å². The Balaban J connectivity index is 1.98. The van der Waals surface area contributed by atoms with E-state index >= 15 is 0 Å². The Labute approximate surface area is 246 Å². The average Bonchev–Trinajstić information content (AvgIpc) is 3.45. The molecule has 3 aromatic carbocycles. The Morgan fingerprint density at radius 3 is 1.12 bits per heavy atom. The molecule has 0 N–H and O–H groups in total. The zero-order valence-corrected chi connectivity index (χ0v) is 25.4. The van der Waals surface area contributed by atoms with Gasteiger partial charge in [-0.1, -0.05) is 0 Å². The van der Waals surface area contributed by atoms with E-state index in [1.165, 1.54) is 0 Å². The van der Waals surface area contributed by atoms with Crippen molar-refractivity contribution < 1.29 is 42.6 Å². The molecule has 0 aliphatic rings. The smallest absolute Gasteiger partial charge is 0.203 e. The molecular formula is C32H37NO9. The summed E-state index contributed by atoms with van der Waals surface area (Å²) in [5, 5.41) is 0. The highest BCUT2D eigenvalue weighted by molar-refractivity contribution is 5.91. The zero-order valence-electron chi connectivity index (χ0n) is 25.4. The standard InChI is InChI=1S/C32H37NO9/c1-34-24-12-10-20(28(38-5)31(24)41-8)22-17-33(16-19-14-26(36-3)30(40-7)27(15-19)37-4)18-23(22)21-11-13-25(35-2)32(42-9)29(21)39-6/h10-15,17-18H,16H2,1-9H3. The van der Waals surface area contributed by atoms with Gasteiger partial charge in [-0.15, -0.1) is 0 Å². The molecule has 0 amide bonds. The first-order valence-electron chi connectivity index (χ1n) is 13.0. The lowest BCUT2D eigenvalue weighted by Gasteiger charge is -2.18. The Kier molecular flexibility index (Phi) is 9.46. The highest BCUT2D eigenvalue weighted by atomic mass is 16.5. The lowest BCUT2D eigenvalue weighted by molar-refractivity contribution is 0.323. The minimum absolute atomic E-state index is 0.486. The van der Waals surface area contributed by atoms with Gasteiger partial charge in [-0.3, -0.25) is 0 Å². The maximum atomic E-state index is 5.87. The molecule has 0 atom stereocenters. The first-order valence-corrected chi connectivity index (χ1v) is 13.0. The molecule has 0 aliphatic carbocycles. The summed E-state index contributed by atoms with van der Waals surface area (Å²) in [7, 11) is 14.3.